The van der Waals surface area contributed by atoms with Crippen molar-refractivity contribution < 1.29 is 27.8 Å². The normalized spacial score (nSPS) is 11.8. The molecule has 0 aromatic heterocycles. The van der Waals surface area contributed by atoms with Crippen LogP contribution >= 0.6 is 8.53 Å². The average Bonchev–Trinajstić information content (AvgIpc) is 3.14. The van der Waals surface area contributed by atoms with Crippen LogP contribution in [-0.2, 0) is 13.8 Å². The number of nitrogens with zero attached hydrogens (tertiary/aromatic N) is 3. The van der Waals surface area contributed by atoms with Gasteiger partial charge in [0.05, 0.1) is 38.3 Å². The summed E-state index contributed by atoms with van der Waals surface area (Å²) in [6.07, 6.45) is 3.41. The zero-order chi connectivity index (χ0) is 38.2. The largest absolute Gasteiger partial charge is 0.456 e. The molecule has 4 rings (SSSR count). The molecule has 1 heterocycles. The molecule has 0 saturated carbocycles. The molecule has 0 bridgehead atoms. The number of aryl methyl sites for hydroxylation is 1. The summed E-state index contributed by atoms with van der Waals surface area (Å²) in [7, 11) is 0.512. The lowest BCUT2D eigenvalue weighted by atomic mass is 9.90. The van der Waals surface area contributed by atoms with E-state index in [-0.39, 0.29) is 25.1 Å². The molecule has 1 atom stereocenters. The smallest absolute Gasteiger partial charge is 0.407 e. The Balaban J connectivity index is 1.31. The number of carbonyl (C=O) groups is 2. The van der Waals surface area contributed by atoms with E-state index in [0.29, 0.717) is 31.7 Å². The first-order chi connectivity index (χ1) is 25.7. The second-order valence-corrected chi connectivity index (χ2v) is 14.5. The molecule has 0 radical (unpaired) electrons. The number of fused-ring (bicyclic) bond motifs is 2. The quantitative estimate of drug-likeness (QED) is 0.0405. The summed E-state index contributed by atoms with van der Waals surface area (Å²) < 4.78 is 25.7. The monoisotopic (exact) mass is 744 g/mol. The van der Waals surface area contributed by atoms with E-state index in [9.17, 15) is 9.59 Å². The number of ether oxygens (including phenoxy) is 1. The van der Waals surface area contributed by atoms with Gasteiger partial charge in [0.2, 0.25) is 5.36 Å². The van der Waals surface area contributed by atoms with E-state index in [4.69, 9.17) is 23.5 Å². The average molecular weight is 745 g/mol. The third-order valence-electron chi connectivity index (χ3n) is 8.76. The lowest BCUT2D eigenvalue weighted by Gasteiger charge is -2.21. The van der Waals surface area contributed by atoms with Crippen molar-refractivity contribution in [3.8, 4) is 28.5 Å². The van der Waals surface area contributed by atoms with Crippen molar-refractivity contribution in [2.24, 2.45) is 0 Å². The second kappa shape index (κ2) is 21.4. The van der Waals surface area contributed by atoms with Gasteiger partial charge in [-0.3, -0.25) is 4.79 Å². The molecule has 0 fully saturated rings. The fourth-order valence-corrected chi connectivity index (χ4v) is 7.20. The highest BCUT2D eigenvalue weighted by atomic mass is 31.2. The topological polar surface area (TPSA) is 129 Å². The third-order valence-corrected chi connectivity index (χ3v) is 10.3. The summed E-state index contributed by atoms with van der Waals surface area (Å²) in [5.74, 6) is 0.596. The summed E-state index contributed by atoms with van der Waals surface area (Å²) in [6.45, 7) is 13.9. The van der Waals surface area contributed by atoms with E-state index in [2.05, 4.69) is 65.2 Å². The van der Waals surface area contributed by atoms with E-state index in [1.165, 1.54) is 0 Å². The Morgan fingerprint density at radius 3 is 2.45 bits per heavy atom. The molecule has 1 unspecified atom stereocenters. The Morgan fingerprint density at radius 2 is 1.70 bits per heavy atom. The van der Waals surface area contributed by atoms with Crippen LogP contribution in [0.3, 0.4) is 0 Å². The predicted octanol–water partition coefficient (Wildman–Crippen LogP) is 7.86. The van der Waals surface area contributed by atoms with Crippen molar-refractivity contribution >= 4 is 31.5 Å². The first-order valence-electron chi connectivity index (χ1n) is 18.7. The van der Waals surface area contributed by atoms with Crippen LogP contribution in [0.1, 0.15) is 75.7 Å². The van der Waals surface area contributed by atoms with Gasteiger partial charge in [0, 0.05) is 47.8 Å². The molecule has 0 saturated heterocycles. The fourth-order valence-electron chi connectivity index (χ4n) is 6.00. The van der Waals surface area contributed by atoms with Crippen molar-refractivity contribution in [2.75, 3.05) is 53.0 Å². The second-order valence-electron chi connectivity index (χ2n) is 13.2. The number of nitriles is 1. The Kier molecular flexibility index (Phi) is 16.7. The molecule has 2 aromatic carbocycles. The van der Waals surface area contributed by atoms with Gasteiger partial charge < -0.3 is 28.4 Å². The van der Waals surface area contributed by atoms with Crippen LogP contribution < -0.4 is 20.3 Å². The van der Waals surface area contributed by atoms with Gasteiger partial charge in [0.25, 0.3) is 14.4 Å². The van der Waals surface area contributed by atoms with Gasteiger partial charge in [-0.2, -0.15) is 5.26 Å². The number of amides is 2. The molecule has 12 heteroatoms. The predicted molar refractivity (Wildman–Crippen MR) is 211 cm³/mol. The molecule has 11 nitrogen and oxygen atoms in total. The van der Waals surface area contributed by atoms with Gasteiger partial charge in [-0.25, -0.2) is 14.5 Å². The van der Waals surface area contributed by atoms with E-state index in [0.717, 1.165) is 83.1 Å². The van der Waals surface area contributed by atoms with Crippen LogP contribution in [0.2, 0.25) is 0 Å². The molecular formula is C41H55N5O6P+. The standard InChI is InChI=1S/C41H54N5O6P/c1-7-46(8-2)32-19-21-36-38(29-32)52-37-28-31(5)18-20-35(37)39(36)33-16-11-12-17-34(33)40(47)45(6)24-27-49-41(48)43-23-13-9-10-14-25-50-53(44-30(3)4)51-26-15-22-42/h11-12,16-21,28-30,44H,7-10,13-15,23-27H2,1-6H3/p+1. The first kappa shape index (κ1) is 41.4. The van der Waals surface area contributed by atoms with Crippen LogP contribution in [0, 0.1) is 18.3 Å². The van der Waals surface area contributed by atoms with Crippen LogP contribution in [0.25, 0.3) is 33.4 Å². The summed E-state index contributed by atoms with van der Waals surface area (Å²) in [5.41, 5.74) is 5.10. The Bertz CT molecular complexity index is 1880. The number of carbonyl (C=O) groups excluding carboxylic acids is 2. The highest BCUT2D eigenvalue weighted by Gasteiger charge is 2.24. The molecule has 1 aliphatic carbocycles. The molecule has 2 aromatic rings. The lowest BCUT2D eigenvalue weighted by Crippen LogP contribution is -2.33. The number of hydrogen-bond acceptors (Lipinski definition) is 8. The molecule has 2 aliphatic rings. The van der Waals surface area contributed by atoms with Crippen molar-refractivity contribution in [3.63, 3.8) is 0 Å². The van der Waals surface area contributed by atoms with Gasteiger partial charge in [-0.05, 0) is 76.8 Å². The maximum absolute atomic E-state index is 13.9. The maximum Gasteiger partial charge on any atom is 0.407 e. The number of likely N-dealkylation sites (N-methyl/N-ethyl adjacent to an activating group) is 1. The van der Waals surface area contributed by atoms with Crippen molar-refractivity contribution in [1.29, 1.82) is 5.26 Å². The number of rotatable bonds is 20. The van der Waals surface area contributed by atoms with E-state index >= 15 is 0 Å². The highest BCUT2D eigenvalue weighted by Crippen LogP contribution is 2.41. The van der Waals surface area contributed by atoms with Crippen LogP contribution in [0.4, 0.5) is 4.79 Å². The lowest BCUT2D eigenvalue weighted by molar-refractivity contribution is 0.0745. The molecule has 1 aliphatic heterocycles. The minimum atomic E-state index is -1.21. The molecule has 2 N–H and O–H groups in total. The molecular weight excluding hydrogens is 689 g/mol. The Morgan fingerprint density at radius 1 is 0.943 bits per heavy atom. The van der Waals surface area contributed by atoms with E-state index < -0.39 is 14.6 Å². The van der Waals surface area contributed by atoms with E-state index in [1.807, 2.05) is 51.1 Å². The van der Waals surface area contributed by atoms with Crippen LogP contribution in [0.15, 0.2) is 65.1 Å². The molecule has 53 heavy (non-hydrogen) atoms. The number of benzene rings is 3. The fraction of sp³-hybridized carbons (Fsp3) is 0.463. The van der Waals surface area contributed by atoms with Crippen molar-refractivity contribution in [1.82, 2.24) is 19.9 Å². The number of nitrogens with one attached hydrogen (secondary N) is 2. The Hall–Kier alpha value is -4.33. The number of unbranched alkanes of at least 4 members (excludes halogenated alkanes) is 3. The van der Waals surface area contributed by atoms with Crippen molar-refractivity contribution in [2.45, 2.75) is 72.8 Å². The summed E-state index contributed by atoms with van der Waals surface area (Å²) in [6, 6.07) is 22.4. The van der Waals surface area contributed by atoms with Gasteiger partial charge in [-0.15, -0.1) is 0 Å². The van der Waals surface area contributed by atoms with Crippen molar-refractivity contribution in [3.05, 3.63) is 77.1 Å². The zero-order valence-electron chi connectivity index (χ0n) is 32.1. The SMILES string of the molecule is CC[N+](CC)=c1ccc2c(-c3ccccc3C(=O)N(C)CCOC(=O)NCCCCCCOP(NC(C)C)OCCC#N)c3ccc(C)cc3oc-2c1. The molecule has 2 amide bonds. The minimum Gasteiger partial charge on any atom is -0.456 e. The third kappa shape index (κ3) is 12.1. The first-order valence-corrected chi connectivity index (χ1v) is 19.8. The van der Waals surface area contributed by atoms with Crippen LogP contribution in [0.5, 0.6) is 0 Å². The van der Waals surface area contributed by atoms with E-state index in [1.54, 1.807) is 11.9 Å². The highest BCUT2D eigenvalue weighted by molar-refractivity contribution is 7.45. The molecule has 0 spiro atoms. The zero-order valence-corrected chi connectivity index (χ0v) is 33.0. The summed E-state index contributed by atoms with van der Waals surface area (Å²) in [5, 5.41) is 16.8. The summed E-state index contributed by atoms with van der Waals surface area (Å²) in [4.78, 5) is 27.9. The van der Waals surface area contributed by atoms with Gasteiger partial charge in [0.15, 0.2) is 0 Å². The van der Waals surface area contributed by atoms with Gasteiger partial charge >= 0.3 is 6.09 Å². The molecule has 284 valence electrons. The maximum atomic E-state index is 13.9. The van der Waals surface area contributed by atoms with Gasteiger partial charge in [0.1, 0.15) is 31.0 Å². The Labute approximate surface area is 315 Å². The number of alkyl carbamates (subject to hydrolysis) is 1. The summed E-state index contributed by atoms with van der Waals surface area (Å²) >= 11 is 0. The number of hydrogen-bond donors (Lipinski definition) is 2. The minimum absolute atomic E-state index is 0.0703. The van der Waals surface area contributed by atoms with Crippen LogP contribution in [-0.4, -0.2) is 76.0 Å². The van der Waals surface area contributed by atoms with Gasteiger partial charge in [-0.1, -0.05) is 43.2 Å².